The summed E-state index contributed by atoms with van der Waals surface area (Å²) in [4.78, 5) is 13.0. The molecule has 4 nitrogen and oxygen atoms in total. The fourth-order valence-corrected chi connectivity index (χ4v) is 1.74. The van der Waals surface area contributed by atoms with E-state index in [1.54, 1.807) is 11.9 Å². The van der Waals surface area contributed by atoms with Crippen LogP contribution in [-0.4, -0.2) is 42.3 Å². The number of carbonyl (C=O) groups excluding carboxylic acids is 1. The highest BCUT2D eigenvalue weighted by atomic mass is 16.3. The van der Waals surface area contributed by atoms with Crippen LogP contribution in [0.25, 0.3) is 0 Å². The number of aliphatic hydroxyl groups is 1. The first-order valence-electron chi connectivity index (χ1n) is 5.30. The van der Waals surface area contributed by atoms with Gasteiger partial charge in [0.1, 0.15) is 0 Å². The zero-order chi connectivity index (χ0) is 10.6. The molecule has 2 N–H and O–H groups in total. The lowest BCUT2D eigenvalue weighted by atomic mass is 10.1. The monoisotopic (exact) mass is 200 g/mol. The van der Waals surface area contributed by atoms with Gasteiger partial charge in [0.05, 0.1) is 6.10 Å². The van der Waals surface area contributed by atoms with E-state index in [1.165, 1.54) is 0 Å². The van der Waals surface area contributed by atoms with Crippen LogP contribution in [0, 0.1) is 5.92 Å². The molecule has 0 spiro atoms. The normalized spacial score (nSPS) is 26.2. The van der Waals surface area contributed by atoms with Crippen molar-refractivity contribution in [2.24, 2.45) is 5.92 Å². The minimum Gasteiger partial charge on any atom is -0.393 e. The van der Waals surface area contributed by atoms with Gasteiger partial charge in [-0.05, 0) is 32.1 Å². The Morgan fingerprint density at radius 3 is 2.79 bits per heavy atom. The molecule has 0 aliphatic heterocycles. The Bertz CT molecular complexity index is 197. The summed E-state index contributed by atoms with van der Waals surface area (Å²) in [6.07, 6.45) is 2.58. The molecule has 1 saturated carbocycles. The smallest absolute Gasteiger partial charge is 0.317 e. The molecule has 0 bridgehead atoms. The summed E-state index contributed by atoms with van der Waals surface area (Å²) < 4.78 is 0. The van der Waals surface area contributed by atoms with Crippen LogP contribution in [0.5, 0.6) is 0 Å². The summed E-state index contributed by atoms with van der Waals surface area (Å²) >= 11 is 0. The van der Waals surface area contributed by atoms with Crippen LogP contribution in [0.4, 0.5) is 4.79 Å². The SMILES string of the molecule is CCN(C)C(=O)NCC1CCC(O)C1. The van der Waals surface area contributed by atoms with Crippen LogP contribution in [-0.2, 0) is 0 Å². The van der Waals surface area contributed by atoms with E-state index in [0.717, 1.165) is 25.8 Å². The molecule has 0 heterocycles. The Morgan fingerprint density at radius 1 is 1.57 bits per heavy atom. The highest BCUT2D eigenvalue weighted by molar-refractivity contribution is 5.73. The van der Waals surface area contributed by atoms with Crippen LogP contribution in [0.3, 0.4) is 0 Å². The number of hydrogen-bond donors (Lipinski definition) is 2. The largest absolute Gasteiger partial charge is 0.393 e. The Labute approximate surface area is 85.3 Å². The highest BCUT2D eigenvalue weighted by Crippen LogP contribution is 2.24. The van der Waals surface area contributed by atoms with E-state index in [9.17, 15) is 9.90 Å². The van der Waals surface area contributed by atoms with Crippen molar-refractivity contribution in [3.63, 3.8) is 0 Å². The third-order valence-electron chi connectivity index (χ3n) is 2.88. The van der Waals surface area contributed by atoms with Crippen molar-refractivity contribution < 1.29 is 9.90 Å². The van der Waals surface area contributed by atoms with Crippen molar-refractivity contribution in [3.8, 4) is 0 Å². The lowest BCUT2D eigenvalue weighted by molar-refractivity contribution is 0.176. The van der Waals surface area contributed by atoms with Crippen molar-refractivity contribution in [1.29, 1.82) is 0 Å². The zero-order valence-corrected chi connectivity index (χ0v) is 8.99. The zero-order valence-electron chi connectivity index (χ0n) is 8.99. The maximum absolute atomic E-state index is 11.4. The predicted octanol–water partition coefficient (Wildman–Crippen LogP) is 0.809. The summed E-state index contributed by atoms with van der Waals surface area (Å²) in [6, 6.07) is -0.0195. The summed E-state index contributed by atoms with van der Waals surface area (Å²) in [5.41, 5.74) is 0. The lowest BCUT2D eigenvalue weighted by Gasteiger charge is -2.17. The third-order valence-corrected chi connectivity index (χ3v) is 2.88. The molecule has 0 radical (unpaired) electrons. The third kappa shape index (κ3) is 3.18. The van der Waals surface area contributed by atoms with Gasteiger partial charge in [-0.1, -0.05) is 0 Å². The van der Waals surface area contributed by atoms with Gasteiger partial charge in [0.15, 0.2) is 0 Å². The summed E-state index contributed by atoms with van der Waals surface area (Å²) in [7, 11) is 1.78. The molecule has 4 heteroatoms. The molecular weight excluding hydrogens is 180 g/mol. The average Bonchev–Trinajstić information content (AvgIpc) is 2.59. The van der Waals surface area contributed by atoms with E-state index >= 15 is 0 Å². The molecule has 1 aliphatic carbocycles. The molecule has 2 amide bonds. The van der Waals surface area contributed by atoms with Crippen molar-refractivity contribution in [3.05, 3.63) is 0 Å². The number of rotatable bonds is 3. The van der Waals surface area contributed by atoms with E-state index in [2.05, 4.69) is 5.32 Å². The molecule has 0 aromatic carbocycles. The maximum atomic E-state index is 11.4. The van der Waals surface area contributed by atoms with Crippen LogP contribution in [0.15, 0.2) is 0 Å². The van der Waals surface area contributed by atoms with Crippen molar-refractivity contribution in [1.82, 2.24) is 10.2 Å². The number of urea groups is 1. The Balaban J connectivity index is 2.17. The molecule has 0 aromatic heterocycles. The van der Waals surface area contributed by atoms with Crippen LogP contribution < -0.4 is 5.32 Å². The molecule has 2 unspecified atom stereocenters. The number of hydrogen-bond acceptors (Lipinski definition) is 2. The Kier molecular flexibility index (Phi) is 4.20. The van der Waals surface area contributed by atoms with Crippen molar-refractivity contribution >= 4 is 6.03 Å². The summed E-state index contributed by atoms with van der Waals surface area (Å²) in [6.45, 7) is 3.36. The maximum Gasteiger partial charge on any atom is 0.317 e. The van der Waals surface area contributed by atoms with Gasteiger partial charge in [-0.3, -0.25) is 0 Å². The molecule has 1 aliphatic rings. The highest BCUT2D eigenvalue weighted by Gasteiger charge is 2.23. The van der Waals surface area contributed by atoms with Crippen LogP contribution in [0.2, 0.25) is 0 Å². The first-order chi connectivity index (χ1) is 6.63. The van der Waals surface area contributed by atoms with E-state index in [4.69, 9.17) is 0 Å². The molecule has 14 heavy (non-hydrogen) atoms. The van der Waals surface area contributed by atoms with Gasteiger partial charge in [0, 0.05) is 20.1 Å². The topological polar surface area (TPSA) is 52.6 Å². The first kappa shape index (κ1) is 11.3. The van der Waals surface area contributed by atoms with Crippen molar-refractivity contribution in [2.45, 2.75) is 32.3 Å². The molecular formula is C10H20N2O2. The number of nitrogens with one attached hydrogen (secondary N) is 1. The van der Waals surface area contributed by atoms with Crippen LogP contribution >= 0.6 is 0 Å². The van der Waals surface area contributed by atoms with Gasteiger partial charge in [0.25, 0.3) is 0 Å². The van der Waals surface area contributed by atoms with Gasteiger partial charge < -0.3 is 15.3 Å². The average molecular weight is 200 g/mol. The molecule has 0 saturated heterocycles. The fourth-order valence-electron chi connectivity index (χ4n) is 1.74. The summed E-state index contributed by atoms with van der Waals surface area (Å²) in [5, 5.41) is 12.2. The molecule has 2 atom stereocenters. The second-order valence-corrected chi connectivity index (χ2v) is 4.03. The van der Waals surface area contributed by atoms with Gasteiger partial charge in [-0.25, -0.2) is 4.79 Å². The van der Waals surface area contributed by atoms with E-state index in [1.807, 2.05) is 6.92 Å². The van der Waals surface area contributed by atoms with Crippen molar-refractivity contribution in [2.75, 3.05) is 20.1 Å². The molecule has 1 fully saturated rings. The molecule has 0 aromatic rings. The number of nitrogens with zero attached hydrogens (tertiary/aromatic N) is 1. The van der Waals surface area contributed by atoms with E-state index in [0.29, 0.717) is 12.5 Å². The number of carbonyl (C=O) groups is 1. The van der Waals surface area contributed by atoms with E-state index < -0.39 is 0 Å². The fraction of sp³-hybridized carbons (Fsp3) is 0.900. The van der Waals surface area contributed by atoms with Gasteiger partial charge in [-0.2, -0.15) is 0 Å². The van der Waals surface area contributed by atoms with Gasteiger partial charge in [-0.15, -0.1) is 0 Å². The standard InChI is InChI=1S/C10H20N2O2/c1-3-12(2)10(14)11-7-8-4-5-9(13)6-8/h8-9,13H,3-7H2,1-2H3,(H,11,14). The minimum absolute atomic E-state index is 0.0195. The molecule has 1 rings (SSSR count). The first-order valence-corrected chi connectivity index (χ1v) is 5.30. The molecule has 82 valence electrons. The predicted molar refractivity (Wildman–Crippen MR) is 55.1 cm³/mol. The van der Waals surface area contributed by atoms with Gasteiger partial charge in [0.2, 0.25) is 0 Å². The Morgan fingerprint density at radius 2 is 2.29 bits per heavy atom. The Hall–Kier alpha value is -0.770. The van der Waals surface area contributed by atoms with Gasteiger partial charge >= 0.3 is 6.03 Å². The summed E-state index contributed by atoms with van der Waals surface area (Å²) in [5.74, 6) is 0.458. The second-order valence-electron chi connectivity index (χ2n) is 4.03. The van der Waals surface area contributed by atoms with E-state index in [-0.39, 0.29) is 12.1 Å². The number of aliphatic hydroxyl groups excluding tert-OH is 1. The minimum atomic E-state index is -0.152. The number of amides is 2. The lowest BCUT2D eigenvalue weighted by Crippen LogP contribution is -2.39. The second kappa shape index (κ2) is 5.20. The quantitative estimate of drug-likeness (QED) is 0.708. The van der Waals surface area contributed by atoms with Crippen LogP contribution in [0.1, 0.15) is 26.2 Å².